The van der Waals surface area contributed by atoms with E-state index in [1.54, 1.807) is 0 Å². The Morgan fingerprint density at radius 3 is 2.50 bits per heavy atom. The first-order chi connectivity index (χ1) is 12.6. The van der Waals surface area contributed by atoms with Crippen LogP contribution in [0.2, 0.25) is 0 Å². The molecular formula is C20H41N5O. The van der Waals surface area contributed by atoms with Crippen LogP contribution in [0.15, 0.2) is 4.99 Å². The van der Waals surface area contributed by atoms with Gasteiger partial charge in [-0.05, 0) is 32.7 Å². The first-order valence-electron chi connectivity index (χ1n) is 10.7. The summed E-state index contributed by atoms with van der Waals surface area (Å²) < 4.78 is 5.50. The van der Waals surface area contributed by atoms with Crippen molar-refractivity contribution in [2.75, 3.05) is 59.5 Å². The number of likely N-dealkylation sites (N-methyl/N-ethyl adjacent to an activating group) is 1. The minimum Gasteiger partial charge on any atom is -0.379 e. The molecule has 0 radical (unpaired) electrons. The monoisotopic (exact) mass is 367 g/mol. The van der Waals surface area contributed by atoms with Crippen molar-refractivity contribution in [1.29, 1.82) is 0 Å². The molecule has 2 N–H and O–H groups in total. The highest BCUT2D eigenvalue weighted by Gasteiger charge is 2.23. The highest BCUT2D eigenvalue weighted by atomic mass is 16.5. The lowest BCUT2D eigenvalue weighted by molar-refractivity contribution is 0.00867. The summed E-state index contributed by atoms with van der Waals surface area (Å²) >= 11 is 0. The summed E-state index contributed by atoms with van der Waals surface area (Å²) in [5.41, 5.74) is 0. The van der Waals surface area contributed by atoms with Crippen molar-refractivity contribution in [3.05, 3.63) is 0 Å². The van der Waals surface area contributed by atoms with Gasteiger partial charge in [-0.2, -0.15) is 0 Å². The number of ether oxygens (including phenoxy) is 1. The summed E-state index contributed by atoms with van der Waals surface area (Å²) in [4.78, 5) is 9.94. The summed E-state index contributed by atoms with van der Waals surface area (Å²) in [7, 11) is 2.26. The molecule has 6 nitrogen and oxygen atoms in total. The lowest BCUT2D eigenvalue weighted by Crippen LogP contribution is -2.48. The number of hydrogen-bond acceptors (Lipinski definition) is 4. The summed E-state index contributed by atoms with van der Waals surface area (Å²) in [5.74, 6) is 1.54. The van der Waals surface area contributed by atoms with E-state index < -0.39 is 0 Å². The van der Waals surface area contributed by atoms with Crippen molar-refractivity contribution in [1.82, 2.24) is 20.4 Å². The van der Waals surface area contributed by atoms with E-state index in [9.17, 15) is 0 Å². The van der Waals surface area contributed by atoms with Gasteiger partial charge in [0, 0.05) is 44.8 Å². The predicted octanol–water partition coefficient (Wildman–Crippen LogP) is 1.77. The van der Waals surface area contributed by atoms with Crippen LogP contribution < -0.4 is 10.6 Å². The van der Waals surface area contributed by atoms with E-state index in [0.717, 1.165) is 64.5 Å². The number of nitrogens with zero attached hydrogens (tertiary/aromatic N) is 3. The van der Waals surface area contributed by atoms with Crippen LogP contribution in [0.5, 0.6) is 0 Å². The van der Waals surface area contributed by atoms with Crippen LogP contribution in [0.1, 0.15) is 46.5 Å². The second kappa shape index (κ2) is 11.8. The predicted molar refractivity (Wildman–Crippen MR) is 110 cm³/mol. The number of morpholine rings is 1. The molecule has 0 aromatic carbocycles. The molecule has 2 aliphatic rings. The molecule has 0 amide bonds. The second-order valence-electron chi connectivity index (χ2n) is 8.02. The maximum Gasteiger partial charge on any atom is 0.191 e. The molecule has 26 heavy (non-hydrogen) atoms. The van der Waals surface area contributed by atoms with Gasteiger partial charge in [0.2, 0.25) is 0 Å². The smallest absolute Gasteiger partial charge is 0.191 e. The fourth-order valence-corrected chi connectivity index (χ4v) is 4.06. The van der Waals surface area contributed by atoms with E-state index in [0.29, 0.717) is 12.0 Å². The Labute approximate surface area is 160 Å². The van der Waals surface area contributed by atoms with Crippen LogP contribution in [0.25, 0.3) is 0 Å². The first-order valence-corrected chi connectivity index (χ1v) is 10.7. The van der Waals surface area contributed by atoms with Crippen LogP contribution in [0.4, 0.5) is 0 Å². The Hall–Kier alpha value is -0.850. The molecule has 6 heteroatoms. The van der Waals surface area contributed by atoms with Crippen molar-refractivity contribution in [3.8, 4) is 0 Å². The largest absolute Gasteiger partial charge is 0.379 e. The van der Waals surface area contributed by atoms with Crippen molar-refractivity contribution in [2.24, 2.45) is 10.9 Å². The zero-order valence-corrected chi connectivity index (χ0v) is 17.5. The number of hydrogen-bond donors (Lipinski definition) is 2. The minimum absolute atomic E-state index is 0.482. The molecule has 1 saturated carbocycles. The zero-order chi connectivity index (χ0) is 18.8. The van der Waals surface area contributed by atoms with Gasteiger partial charge < -0.3 is 20.3 Å². The normalized spacial score (nSPS) is 21.5. The van der Waals surface area contributed by atoms with E-state index in [1.165, 1.54) is 25.7 Å². The van der Waals surface area contributed by atoms with Gasteiger partial charge in [-0.3, -0.25) is 9.89 Å². The molecule has 0 aromatic rings. The van der Waals surface area contributed by atoms with E-state index in [4.69, 9.17) is 9.73 Å². The molecule has 0 spiro atoms. The summed E-state index contributed by atoms with van der Waals surface area (Å²) in [6, 6.07) is 1.26. The molecule has 1 heterocycles. The van der Waals surface area contributed by atoms with Crippen LogP contribution in [-0.2, 0) is 4.74 Å². The number of rotatable bonds is 9. The van der Waals surface area contributed by atoms with Crippen LogP contribution in [0.3, 0.4) is 0 Å². The lowest BCUT2D eigenvalue weighted by Gasteiger charge is -2.36. The Kier molecular flexibility index (Phi) is 9.72. The summed E-state index contributed by atoms with van der Waals surface area (Å²) in [6.07, 6.45) is 5.51. The van der Waals surface area contributed by atoms with Gasteiger partial charge in [0.15, 0.2) is 5.96 Å². The molecule has 152 valence electrons. The molecule has 1 saturated heterocycles. The fourth-order valence-electron chi connectivity index (χ4n) is 4.06. The number of nitrogens with one attached hydrogen (secondary N) is 2. The lowest BCUT2D eigenvalue weighted by atomic mass is 10.0. The van der Waals surface area contributed by atoms with Gasteiger partial charge in [-0.15, -0.1) is 0 Å². The molecule has 2 rings (SSSR count). The maximum atomic E-state index is 5.50. The Morgan fingerprint density at radius 2 is 1.88 bits per heavy atom. The highest BCUT2D eigenvalue weighted by molar-refractivity contribution is 5.79. The van der Waals surface area contributed by atoms with Gasteiger partial charge in [0.05, 0.1) is 19.8 Å². The van der Waals surface area contributed by atoms with Gasteiger partial charge in [-0.25, -0.2) is 0 Å². The van der Waals surface area contributed by atoms with Gasteiger partial charge in [-0.1, -0.05) is 26.7 Å². The molecule has 1 aliphatic heterocycles. The third-order valence-electron chi connectivity index (χ3n) is 5.77. The van der Waals surface area contributed by atoms with Crippen molar-refractivity contribution >= 4 is 5.96 Å². The highest BCUT2D eigenvalue weighted by Crippen LogP contribution is 2.21. The fraction of sp³-hybridized carbons (Fsp3) is 0.950. The van der Waals surface area contributed by atoms with Crippen molar-refractivity contribution in [2.45, 2.75) is 58.5 Å². The molecule has 0 bridgehead atoms. The maximum absolute atomic E-state index is 5.50. The van der Waals surface area contributed by atoms with E-state index >= 15 is 0 Å². The Morgan fingerprint density at radius 1 is 1.19 bits per heavy atom. The Balaban J connectivity index is 1.81. The Bertz CT molecular complexity index is 403. The SMILES string of the molecule is CCNC(=NCC(C(C)C)N1CCOCC1)NCCN(C)C1CCCC1. The molecule has 1 atom stereocenters. The topological polar surface area (TPSA) is 52.1 Å². The molecule has 1 unspecified atom stereocenters. The van der Waals surface area contributed by atoms with Crippen molar-refractivity contribution < 1.29 is 4.74 Å². The summed E-state index contributed by atoms with van der Waals surface area (Å²) in [5, 5.41) is 6.93. The minimum atomic E-state index is 0.482. The average molecular weight is 368 g/mol. The van der Waals surface area contributed by atoms with Crippen LogP contribution in [0, 0.1) is 5.92 Å². The molecule has 1 aliphatic carbocycles. The quantitative estimate of drug-likeness (QED) is 0.481. The standard InChI is InChI=1S/C20H41N5O/c1-5-21-20(22-10-11-24(4)18-8-6-7-9-18)23-16-19(17(2)3)25-12-14-26-15-13-25/h17-19H,5-16H2,1-4H3,(H2,21,22,23). The van der Waals surface area contributed by atoms with Crippen LogP contribution >= 0.6 is 0 Å². The van der Waals surface area contributed by atoms with E-state index in [-0.39, 0.29) is 0 Å². The average Bonchev–Trinajstić information content (AvgIpc) is 3.17. The van der Waals surface area contributed by atoms with Gasteiger partial charge in [0.1, 0.15) is 0 Å². The zero-order valence-electron chi connectivity index (χ0n) is 17.5. The number of aliphatic imine (C=N–C) groups is 1. The third-order valence-corrected chi connectivity index (χ3v) is 5.77. The molecule has 2 fully saturated rings. The molecule has 0 aromatic heterocycles. The van der Waals surface area contributed by atoms with E-state index in [2.05, 4.69) is 48.3 Å². The summed E-state index contributed by atoms with van der Waals surface area (Å²) in [6.45, 7) is 14.2. The van der Waals surface area contributed by atoms with Gasteiger partial charge >= 0.3 is 0 Å². The van der Waals surface area contributed by atoms with Gasteiger partial charge in [0.25, 0.3) is 0 Å². The second-order valence-corrected chi connectivity index (χ2v) is 8.02. The third kappa shape index (κ3) is 7.05. The van der Waals surface area contributed by atoms with Crippen LogP contribution in [-0.4, -0.2) is 87.4 Å². The first kappa shape index (κ1) is 21.5. The molecular weight excluding hydrogens is 326 g/mol. The number of guanidine groups is 1. The van der Waals surface area contributed by atoms with Crippen molar-refractivity contribution in [3.63, 3.8) is 0 Å². The van der Waals surface area contributed by atoms with E-state index in [1.807, 2.05) is 0 Å².